The highest BCUT2D eigenvalue weighted by Gasteiger charge is 2.04. The fraction of sp³-hybridized carbons (Fsp3) is 0.667. The summed E-state index contributed by atoms with van der Waals surface area (Å²) >= 11 is 0. The third-order valence-electron chi connectivity index (χ3n) is 1.21. The first-order valence-corrected chi connectivity index (χ1v) is 4.88. The second-order valence-corrected chi connectivity index (χ2v) is 2.78. The molecule has 0 aromatic heterocycles. The van der Waals surface area contributed by atoms with Crippen LogP contribution in [-0.4, -0.2) is 41.0 Å². The topological polar surface area (TPSA) is 108 Å². The highest BCUT2D eigenvalue weighted by atomic mass is 16.4. The van der Waals surface area contributed by atoms with Crippen molar-refractivity contribution in [2.75, 3.05) is 13.1 Å². The molecule has 0 aromatic carbocycles. The summed E-state index contributed by atoms with van der Waals surface area (Å²) in [6.45, 7) is 7.48. The van der Waals surface area contributed by atoms with Crippen LogP contribution in [0.15, 0.2) is 4.99 Å². The quantitative estimate of drug-likeness (QED) is 0.264. The predicted molar refractivity (Wildman–Crippen MR) is 61.7 cm³/mol. The van der Waals surface area contributed by atoms with Crippen molar-refractivity contribution >= 4 is 17.8 Å². The van der Waals surface area contributed by atoms with Crippen LogP contribution in [0.3, 0.4) is 0 Å². The number of carboxylic acids is 1. The standard InChI is InChI=1S/C7H16N4O.C2H4O2/c1-4-9-7(10-6(3)12)11(8)5-2;1-2(3)4/h4-5,8H2,1-3H3,(H,9,10,12);1H3,(H,3,4). The Labute approximate surface area is 95.3 Å². The molecule has 4 N–H and O–H groups in total. The maximum absolute atomic E-state index is 10.7. The number of carboxylic acid groups (broad SMARTS) is 1. The van der Waals surface area contributed by atoms with Gasteiger partial charge in [0.25, 0.3) is 5.97 Å². The zero-order chi connectivity index (χ0) is 13.1. The van der Waals surface area contributed by atoms with E-state index in [1.54, 1.807) is 0 Å². The van der Waals surface area contributed by atoms with E-state index in [9.17, 15) is 4.79 Å². The van der Waals surface area contributed by atoms with Crippen LogP contribution in [0.1, 0.15) is 27.7 Å². The Balaban J connectivity index is 0. The molecule has 0 fully saturated rings. The molecule has 1 amide bonds. The minimum Gasteiger partial charge on any atom is -0.481 e. The fourth-order valence-electron chi connectivity index (χ4n) is 0.659. The highest BCUT2D eigenvalue weighted by Crippen LogP contribution is 1.81. The number of hydrogen-bond donors (Lipinski definition) is 3. The van der Waals surface area contributed by atoms with Gasteiger partial charge in [0.15, 0.2) is 0 Å². The van der Waals surface area contributed by atoms with Gasteiger partial charge in [0.1, 0.15) is 0 Å². The van der Waals surface area contributed by atoms with Crippen molar-refractivity contribution in [2.45, 2.75) is 27.7 Å². The molecule has 16 heavy (non-hydrogen) atoms. The molecule has 0 aliphatic rings. The number of hydrazine groups is 1. The average molecular weight is 232 g/mol. The number of nitrogens with one attached hydrogen (secondary N) is 1. The SMILES string of the molecule is CC(=O)O.CCN=C(NC(C)=O)N(N)CC. The molecule has 7 nitrogen and oxygen atoms in total. The molecule has 0 bridgehead atoms. The summed E-state index contributed by atoms with van der Waals surface area (Å²) in [6.07, 6.45) is 0. The third kappa shape index (κ3) is 12.4. The summed E-state index contributed by atoms with van der Waals surface area (Å²) < 4.78 is 0. The van der Waals surface area contributed by atoms with Gasteiger partial charge in [0, 0.05) is 26.9 Å². The van der Waals surface area contributed by atoms with E-state index in [0.717, 1.165) is 6.92 Å². The first-order valence-electron chi connectivity index (χ1n) is 4.88. The lowest BCUT2D eigenvalue weighted by Crippen LogP contribution is -2.47. The van der Waals surface area contributed by atoms with Crippen molar-refractivity contribution in [3.05, 3.63) is 0 Å². The Morgan fingerprint density at radius 3 is 2.06 bits per heavy atom. The number of aliphatic carboxylic acids is 1. The highest BCUT2D eigenvalue weighted by molar-refractivity contribution is 5.95. The van der Waals surface area contributed by atoms with Gasteiger partial charge < -0.3 is 5.11 Å². The molecule has 94 valence electrons. The number of nitrogens with zero attached hydrogens (tertiary/aromatic N) is 2. The lowest BCUT2D eigenvalue weighted by molar-refractivity contribution is -0.134. The second-order valence-electron chi connectivity index (χ2n) is 2.78. The van der Waals surface area contributed by atoms with Crippen molar-refractivity contribution in [2.24, 2.45) is 10.8 Å². The van der Waals surface area contributed by atoms with E-state index in [0.29, 0.717) is 19.0 Å². The van der Waals surface area contributed by atoms with E-state index in [-0.39, 0.29) is 5.91 Å². The number of rotatable bonds is 2. The minimum atomic E-state index is -0.833. The summed E-state index contributed by atoms with van der Waals surface area (Å²) in [5.41, 5.74) is 0. The molecule has 0 atom stereocenters. The van der Waals surface area contributed by atoms with Gasteiger partial charge in [-0.3, -0.25) is 24.9 Å². The lowest BCUT2D eigenvalue weighted by Gasteiger charge is -2.18. The summed E-state index contributed by atoms with van der Waals surface area (Å²) in [7, 11) is 0. The van der Waals surface area contributed by atoms with Crippen LogP contribution in [0.25, 0.3) is 0 Å². The molecule has 0 saturated carbocycles. The van der Waals surface area contributed by atoms with Crippen molar-refractivity contribution in [3.8, 4) is 0 Å². The maximum atomic E-state index is 10.7. The Hall–Kier alpha value is -1.63. The van der Waals surface area contributed by atoms with E-state index in [4.69, 9.17) is 15.7 Å². The average Bonchev–Trinajstić information content (AvgIpc) is 2.14. The van der Waals surface area contributed by atoms with Gasteiger partial charge in [-0.1, -0.05) is 0 Å². The zero-order valence-corrected chi connectivity index (χ0v) is 10.1. The van der Waals surface area contributed by atoms with Crippen LogP contribution in [0.4, 0.5) is 0 Å². The molecule has 0 saturated heterocycles. The Bertz CT molecular complexity index is 249. The number of amides is 1. The number of hydrogen-bond acceptors (Lipinski definition) is 4. The number of carbonyl (C=O) groups excluding carboxylic acids is 1. The largest absolute Gasteiger partial charge is 0.481 e. The van der Waals surface area contributed by atoms with Gasteiger partial charge >= 0.3 is 0 Å². The van der Waals surface area contributed by atoms with E-state index >= 15 is 0 Å². The fourth-order valence-corrected chi connectivity index (χ4v) is 0.659. The number of nitrogens with two attached hydrogens (primary N) is 1. The number of aliphatic imine (C=N–C) groups is 1. The summed E-state index contributed by atoms with van der Waals surface area (Å²) in [6, 6.07) is 0. The molecular weight excluding hydrogens is 212 g/mol. The Kier molecular flexibility index (Phi) is 10.4. The molecule has 0 unspecified atom stereocenters. The van der Waals surface area contributed by atoms with Crippen LogP contribution in [0.5, 0.6) is 0 Å². The zero-order valence-electron chi connectivity index (χ0n) is 10.1. The Morgan fingerprint density at radius 1 is 1.38 bits per heavy atom. The van der Waals surface area contributed by atoms with E-state index < -0.39 is 5.97 Å². The summed E-state index contributed by atoms with van der Waals surface area (Å²) in [5.74, 6) is 4.97. The van der Waals surface area contributed by atoms with Crippen LogP contribution in [-0.2, 0) is 9.59 Å². The Morgan fingerprint density at radius 2 is 1.81 bits per heavy atom. The second kappa shape index (κ2) is 9.91. The van der Waals surface area contributed by atoms with Gasteiger partial charge in [-0.25, -0.2) is 5.84 Å². The molecule has 0 heterocycles. The molecule has 0 spiro atoms. The van der Waals surface area contributed by atoms with Crippen LogP contribution < -0.4 is 11.2 Å². The first-order chi connectivity index (χ1) is 7.34. The molecule has 0 aromatic rings. The van der Waals surface area contributed by atoms with Gasteiger partial charge in [0.05, 0.1) is 0 Å². The lowest BCUT2D eigenvalue weighted by atomic mass is 10.6. The van der Waals surface area contributed by atoms with Crippen molar-refractivity contribution in [1.82, 2.24) is 10.3 Å². The molecule has 0 aliphatic carbocycles. The van der Waals surface area contributed by atoms with E-state index in [2.05, 4.69) is 10.3 Å². The van der Waals surface area contributed by atoms with Crippen LogP contribution >= 0.6 is 0 Å². The van der Waals surface area contributed by atoms with Gasteiger partial charge in [0.2, 0.25) is 11.9 Å². The first kappa shape index (κ1) is 16.8. The molecule has 0 aliphatic heterocycles. The molecule has 7 heteroatoms. The predicted octanol–water partition coefficient (Wildman–Crippen LogP) is -0.215. The smallest absolute Gasteiger partial charge is 0.300 e. The molecular formula is C9H20N4O3. The van der Waals surface area contributed by atoms with E-state index in [1.807, 2.05) is 13.8 Å². The van der Waals surface area contributed by atoms with Crippen molar-refractivity contribution in [3.63, 3.8) is 0 Å². The molecule has 0 rings (SSSR count). The monoisotopic (exact) mass is 232 g/mol. The van der Waals surface area contributed by atoms with Crippen molar-refractivity contribution < 1.29 is 14.7 Å². The summed E-state index contributed by atoms with van der Waals surface area (Å²) in [4.78, 5) is 23.7. The normalized spacial score (nSPS) is 9.94. The van der Waals surface area contributed by atoms with Crippen LogP contribution in [0, 0.1) is 0 Å². The van der Waals surface area contributed by atoms with E-state index in [1.165, 1.54) is 11.9 Å². The van der Waals surface area contributed by atoms with Crippen LogP contribution in [0.2, 0.25) is 0 Å². The van der Waals surface area contributed by atoms with Gasteiger partial charge in [-0.15, -0.1) is 0 Å². The van der Waals surface area contributed by atoms with Gasteiger partial charge in [-0.05, 0) is 13.8 Å². The number of carbonyl (C=O) groups is 2. The minimum absolute atomic E-state index is 0.161. The number of guanidine groups is 1. The maximum Gasteiger partial charge on any atom is 0.300 e. The third-order valence-corrected chi connectivity index (χ3v) is 1.21. The summed E-state index contributed by atoms with van der Waals surface area (Å²) in [5, 5.41) is 11.4. The van der Waals surface area contributed by atoms with Crippen molar-refractivity contribution in [1.29, 1.82) is 0 Å². The molecule has 0 radical (unpaired) electrons. The van der Waals surface area contributed by atoms with Gasteiger partial charge in [-0.2, -0.15) is 0 Å².